The molecular formula is C23H27ClN2O2. The third-order valence-corrected chi connectivity index (χ3v) is 5.51. The minimum Gasteiger partial charge on any atom is -0.352 e. The van der Waals surface area contributed by atoms with Crippen molar-refractivity contribution in [3.8, 4) is 0 Å². The molecule has 3 rings (SSSR count). The molecule has 1 aliphatic heterocycles. The van der Waals surface area contributed by atoms with Crippen LogP contribution in [-0.2, 0) is 9.59 Å². The molecule has 5 heteroatoms. The van der Waals surface area contributed by atoms with Gasteiger partial charge in [0.1, 0.15) is 0 Å². The minimum absolute atomic E-state index is 0.0179. The normalized spacial score (nSPS) is 14.9. The molecule has 1 saturated heterocycles. The summed E-state index contributed by atoms with van der Waals surface area (Å²) in [4.78, 5) is 27.2. The van der Waals surface area contributed by atoms with E-state index in [1.807, 2.05) is 65.6 Å². The van der Waals surface area contributed by atoms with Crippen LogP contribution in [0.4, 0.5) is 0 Å². The van der Waals surface area contributed by atoms with Crippen molar-refractivity contribution in [2.24, 2.45) is 0 Å². The molecule has 0 spiro atoms. The topological polar surface area (TPSA) is 49.4 Å². The number of hydrogen-bond donors (Lipinski definition) is 1. The Labute approximate surface area is 171 Å². The largest absolute Gasteiger partial charge is 0.352 e. The van der Waals surface area contributed by atoms with Crippen LogP contribution in [0.5, 0.6) is 0 Å². The Morgan fingerprint density at radius 2 is 1.50 bits per heavy atom. The standard InChI is InChI=1S/C23H27ClN2O2/c24-15-7-12-21(27)26-16-13-20(14-17-26)25-23(28)22(18-8-3-1-4-9-18)19-10-5-2-6-11-19/h1-6,8-11,20,22H,7,12-17H2,(H,25,28). The van der Waals surface area contributed by atoms with Crippen molar-refractivity contribution in [3.63, 3.8) is 0 Å². The van der Waals surface area contributed by atoms with Crippen LogP contribution in [0.3, 0.4) is 0 Å². The zero-order valence-electron chi connectivity index (χ0n) is 16.0. The fraction of sp³-hybridized carbons (Fsp3) is 0.391. The average molecular weight is 399 g/mol. The third-order valence-electron chi connectivity index (χ3n) is 5.25. The van der Waals surface area contributed by atoms with Gasteiger partial charge < -0.3 is 10.2 Å². The van der Waals surface area contributed by atoms with Crippen LogP contribution in [0.2, 0.25) is 0 Å². The first-order valence-electron chi connectivity index (χ1n) is 9.93. The Bertz CT molecular complexity index is 719. The molecule has 0 saturated carbocycles. The number of nitrogens with zero attached hydrogens (tertiary/aromatic N) is 1. The van der Waals surface area contributed by atoms with E-state index in [0.29, 0.717) is 31.8 Å². The number of nitrogens with one attached hydrogen (secondary N) is 1. The highest BCUT2D eigenvalue weighted by atomic mass is 35.5. The van der Waals surface area contributed by atoms with E-state index in [4.69, 9.17) is 11.6 Å². The first-order valence-corrected chi connectivity index (χ1v) is 10.5. The van der Waals surface area contributed by atoms with E-state index < -0.39 is 0 Å². The summed E-state index contributed by atoms with van der Waals surface area (Å²) in [6.45, 7) is 1.38. The van der Waals surface area contributed by atoms with Gasteiger partial charge in [-0.3, -0.25) is 9.59 Å². The van der Waals surface area contributed by atoms with Crippen molar-refractivity contribution in [1.82, 2.24) is 10.2 Å². The second-order valence-corrected chi connectivity index (χ2v) is 7.59. The Morgan fingerprint density at radius 1 is 0.964 bits per heavy atom. The number of carbonyl (C=O) groups is 2. The van der Waals surface area contributed by atoms with E-state index in [1.54, 1.807) is 0 Å². The van der Waals surface area contributed by atoms with Gasteiger partial charge in [-0.25, -0.2) is 0 Å². The Morgan fingerprint density at radius 3 is 2.00 bits per heavy atom. The molecule has 1 N–H and O–H groups in total. The van der Waals surface area contributed by atoms with Crippen molar-refractivity contribution in [2.45, 2.75) is 37.6 Å². The van der Waals surface area contributed by atoms with Crippen LogP contribution < -0.4 is 5.32 Å². The molecule has 148 valence electrons. The number of rotatable bonds is 7. The molecule has 4 nitrogen and oxygen atoms in total. The SMILES string of the molecule is O=C(NC1CCN(C(=O)CCCCl)CC1)C(c1ccccc1)c1ccccc1. The van der Waals surface area contributed by atoms with E-state index in [-0.39, 0.29) is 23.8 Å². The van der Waals surface area contributed by atoms with Gasteiger partial charge in [0.25, 0.3) is 0 Å². The monoisotopic (exact) mass is 398 g/mol. The number of halogens is 1. The second kappa shape index (κ2) is 10.3. The maximum Gasteiger partial charge on any atom is 0.232 e. The van der Waals surface area contributed by atoms with Gasteiger partial charge in [0.05, 0.1) is 5.92 Å². The summed E-state index contributed by atoms with van der Waals surface area (Å²) in [6, 6.07) is 19.8. The number of likely N-dealkylation sites (tertiary alicyclic amines) is 1. The number of piperidine rings is 1. The van der Waals surface area contributed by atoms with Gasteiger partial charge in [0.15, 0.2) is 0 Å². The van der Waals surface area contributed by atoms with E-state index in [1.165, 1.54) is 0 Å². The summed E-state index contributed by atoms with van der Waals surface area (Å²) in [5.74, 6) is 0.366. The van der Waals surface area contributed by atoms with Crippen molar-refractivity contribution < 1.29 is 9.59 Å². The summed E-state index contributed by atoms with van der Waals surface area (Å²) >= 11 is 5.68. The summed E-state index contributed by atoms with van der Waals surface area (Å²) in [5, 5.41) is 3.22. The molecule has 0 aromatic heterocycles. The highest BCUT2D eigenvalue weighted by Gasteiger charge is 2.28. The minimum atomic E-state index is -0.328. The van der Waals surface area contributed by atoms with Crippen LogP contribution in [0, 0.1) is 0 Å². The molecule has 0 unspecified atom stereocenters. The lowest BCUT2D eigenvalue weighted by molar-refractivity contribution is -0.132. The van der Waals surface area contributed by atoms with Crippen LogP contribution in [0.1, 0.15) is 42.7 Å². The number of alkyl halides is 1. The lowest BCUT2D eigenvalue weighted by Crippen LogP contribution is -2.47. The van der Waals surface area contributed by atoms with Gasteiger partial charge >= 0.3 is 0 Å². The molecule has 2 amide bonds. The molecule has 2 aromatic rings. The number of benzene rings is 2. The Kier molecular flexibility index (Phi) is 7.49. The Hall–Kier alpha value is -2.33. The van der Waals surface area contributed by atoms with Gasteiger partial charge in [0, 0.05) is 31.4 Å². The summed E-state index contributed by atoms with van der Waals surface area (Å²) in [5.41, 5.74) is 1.97. The van der Waals surface area contributed by atoms with Crippen molar-refractivity contribution in [3.05, 3.63) is 71.8 Å². The van der Waals surface area contributed by atoms with Crippen molar-refractivity contribution in [2.75, 3.05) is 19.0 Å². The van der Waals surface area contributed by atoms with E-state index in [9.17, 15) is 9.59 Å². The molecule has 1 fully saturated rings. The number of carbonyl (C=O) groups excluding carboxylic acids is 2. The molecule has 0 bridgehead atoms. The van der Waals surface area contributed by atoms with E-state index in [0.717, 1.165) is 24.0 Å². The lowest BCUT2D eigenvalue weighted by Gasteiger charge is -2.33. The molecule has 2 aromatic carbocycles. The molecule has 0 atom stereocenters. The molecule has 28 heavy (non-hydrogen) atoms. The van der Waals surface area contributed by atoms with Crippen LogP contribution in [-0.4, -0.2) is 41.7 Å². The van der Waals surface area contributed by atoms with Crippen molar-refractivity contribution in [1.29, 1.82) is 0 Å². The van der Waals surface area contributed by atoms with Crippen molar-refractivity contribution >= 4 is 23.4 Å². The maximum absolute atomic E-state index is 13.2. The molecule has 0 radical (unpaired) electrons. The summed E-state index contributed by atoms with van der Waals surface area (Å²) < 4.78 is 0. The van der Waals surface area contributed by atoms with Crippen LogP contribution in [0.25, 0.3) is 0 Å². The quantitative estimate of drug-likeness (QED) is 0.718. The maximum atomic E-state index is 13.2. The first-order chi connectivity index (χ1) is 13.7. The van der Waals surface area contributed by atoms with Gasteiger partial charge in [-0.15, -0.1) is 11.6 Å². The van der Waals surface area contributed by atoms with Gasteiger partial charge in [-0.05, 0) is 30.4 Å². The molecule has 1 heterocycles. The highest BCUT2D eigenvalue weighted by Crippen LogP contribution is 2.25. The second-order valence-electron chi connectivity index (χ2n) is 7.21. The van der Waals surface area contributed by atoms with Gasteiger partial charge in [0.2, 0.25) is 11.8 Å². The zero-order valence-corrected chi connectivity index (χ0v) is 16.8. The predicted octanol–water partition coefficient (Wildman–Crippen LogP) is 3.94. The molecular weight excluding hydrogens is 372 g/mol. The summed E-state index contributed by atoms with van der Waals surface area (Å²) in [7, 11) is 0. The van der Waals surface area contributed by atoms with Crippen LogP contribution in [0.15, 0.2) is 60.7 Å². The van der Waals surface area contributed by atoms with Gasteiger partial charge in [-0.2, -0.15) is 0 Å². The fourth-order valence-electron chi connectivity index (χ4n) is 3.72. The van der Waals surface area contributed by atoms with Crippen LogP contribution >= 0.6 is 11.6 Å². The number of amides is 2. The highest BCUT2D eigenvalue weighted by molar-refractivity contribution is 6.17. The zero-order chi connectivity index (χ0) is 19.8. The van der Waals surface area contributed by atoms with Gasteiger partial charge in [-0.1, -0.05) is 60.7 Å². The smallest absolute Gasteiger partial charge is 0.232 e. The number of hydrogen-bond acceptors (Lipinski definition) is 2. The molecule has 0 aliphatic carbocycles. The van der Waals surface area contributed by atoms with E-state index >= 15 is 0 Å². The summed E-state index contributed by atoms with van der Waals surface area (Å²) in [6.07, 6.45) is 2.79. The molecule has 1 aliphatic rings. The predicted molar refractivity (Wildman–Crippen MR) is 112 cm³/mol. The lowest BCUT2D eigenvalue weighted by atomic mass is 9.90. The third kappa shape index (κ3) is 5.35. The Balaban J connectivity index is 1.63. The average Bonchev–Trinajstić information content (AvgIpc) is 2.74. The fourth-order valence-corrected chi connectivity index (χ4v) is 3.85. The van der Waals surface area contributed by atoms with E-state index in [2.05, 4.69) is 5.32 Å². The first kappa shape index (κ1) is 20.4.